The van der Waals surface area contributed by atoms with Crippen molar-refractivity contribution in [3.8, 4) is 11.4 Å². The molecule has 7 heteroatoms. The summed E-state index contributed by atoms with van der Waals surface area (Å²) in [6.07, 6.45) is 0.900. The molecule has 148 valence electrons. The van der Waals surface area contributed by atoms with Gasteiger partial charge in [-0.25, -0.2) is 0 Å². The monoisotopic (exact) mass is 390 g/mol. The van der Waals surface area contributed by atoms with Gasteiger partial charge in [0, 0.05) is 11.2 Å². The summed E-state index contributed by atoms with van der Waals surface area (Å²) in [6.45, 7) is 12.5. The molecule has 0 unspecified atom stereocenters. The van der Waals surface area contributed by atoms with Crippen molar-refractivity contribution in [2.45, 2.75) is 58.7 Å². The average Bonchev–Trinajstić information content (AvgIpc) is 2.91. The van der Waals surface area contributed by atoms with Crippen LogP contribution in [0.2, 0.25) is 0 Å². The number of nitrogens with zero attached hydrogens (tertiary/aromatic N) is 3. The Kier molecular flexibility index (Phi) is 6.57. The molecule has 1 aromatic carbocycles. The zero-order chi connectivity index (χ0) is 20.2. The Bertz CT molecular complexity index is 776. The highest BCUT2D eigenvalue weighted by atomic mass is 32.2. The molecule has 0 aliphatic carbocycles. The van der Waals surface area contributed by atoms with E-state index in [4.69, 9.17) is 4.74 Å². The maximum atomic E-state index is 12.5. The van der Waals surface area contributed by atoms with Crippen LogP contribution in [0.3, 0.4) is 0 Å². The van der Waals surface area contributed by atoms with Crippen LogP contribution in [0.15, 0.2) is 29.4 Å². The number of nitrogens with one attached hydrogen (secondary N) is 1. The van der Waals surface area contributed by atoms with Crippen molar-refractivity contribution in [1.29, 1.82) is 0 Å². The molecule has 1 amide bonds. The van der Waals surface area contributed by atoms with Crippen LogP contribution in [-0.4, -0.2) is 39.1 Å². The van der Waals surface area contributed by atoms with E-state index in [1.807, 2.05) is 35.8 Å². The molecule has 0 fully saturated rings. The van der Waals surface area contributed by atoms with Gasteiger partial charge in [0.1, 0.15) is 11.6 Å². The van der Waals surface area contributed by atoms with E-state index < -0.39 is 0 Å². The molecule has 1 heterocycles. The molecule has 0 radical (unpaired) electrons. The number of aryl methyl sites for hydroxylation is 1. The van der Waals surface area contributed by atoms with Gasteiger partial charge < -0.3 is 10.1 Å². The zero-order valence-electron chi connectivity index (χ0n) is 17.3. The van der Waals surface area contributed by atoms with Gasteiger partial charge in [-0.1, -0.05) is 32.5 Å². The van der Waals surface area contributed by atoms with Gasteiger partial charge in [0.05, 0.1) is 12.9 Å². The first-order valence-corrected chi connectivity index (χ1v) is 9.99. The number of carbonyl (C=O) groups excluding carboxylic acids is 1. The number of amides is 1. The Labute approximate surface area is 166 Å². The van der Waals surface area contributed by atoms with Crippen molar-refractivity contribution in [2.24, 2.45) is 5.41 Å². The van der Waals surface area contributed by atoms with Crippen LogP contribution in [0.1, 0.15) is 46.9 Å². The van der Waals surface area contributed by atoms with E-state index in [9.17, 15) is 4.79 Å². The number of ether oxygens (including phenoxy) is 1. The smallest absolute Gasteiger partial charge is 0.230 e. The molecule has 0 saturated heterocycles. The molecule has 2 aromatic rings. The summed E-state index contributed by atoms with van der Waals surface area (Å²) >= 11 is 1.39. The summed E-state index contributed by atoms with van der Waals surface area (Å²) in [5, 5.41) is 12.2. The van der Waals surface area contributed by atoms with Crippen LogP contribution < -0.4 is 10.1 Å². The maximum Gasteiger partial charge on any atom is 0.230 e. The van der Waals surface area contributed by atoms with Crippen LogP contribution in [0.25, 0.3) is 5.69 Å². The fourth-order valence-corrected chi connectivity index (χ4v) is 4.18. The largest absolute Gasteiger partial charge is 0.497 e. The lowest BCUT2D eigenvalue weighted by Gasteiger charge is -2.33. The number of carbonyl (C=O) groups is 1. The van der Waals surface area contributed by atoms with Gasteiger partial charge >= 0.3 is 0 Å². The number of thioether (sulfide) groups is 1. The minimum Gasteiger partial charge on any atom is -0.497 e. The Morgan fingerprint density at radius 3 is 2.33 bits per heavy atom. The Morgan fingerprint density at radius 2 is 1.78 bits per heavy atom. The molecule has 2 rings (SSSR count). The van der Waals surface area contributed by atoms with E-state index in [-0.39, 0.29) is 16.9 Å². The van der Waals surface area contributed by atoms with Gasteiger partial charge in [0.15, 0.2) is 5.16 Å². The third-order valence-corrected chi connectivity index (χ3v) is 4.84. The first-order chi connectivity index (χ1) is 12.5. The fourth-order valence-electron chi connectivity index (χ4n) is 3.38. The van der Waals surface area contributed by atoms with E-state index in [0.717, 1.165) is 23.7 Å². The summed E-state index contributed by atoms with van der Waals surface area (Å²) < 4.78 is 7.15. The number of hydrogen-bond acceptors (Lipinski definition) is 5. The zero-order valence-corrected chi connectivity index (χ0v) is 18.1. The highest BCUT2D eigenvalue weighted by Gasteiger charge is 2.27. The maximum absolute atomic E-state index is 12.5. The second-order valence-corrected chi connectivity index (χ2v) is 9.46. The molecular formula is C20H30N4O2S. The summed E-state index contributed by atoms with van der Waals surface area (Å²) in [5.74, 6) is 1.86. The first-order valence-electron chi connectivity index (χ1n) is 9.01. The number of hydrogen-bond donors (Lipinski definition) is 1. The van der Waals surface area contributed by atoms with Crippen molar-refractivity contribution >= 4 is 17.7 Å². The molecule has 27 heavy (non-hydrogen) atoms. The third kappa shape index (κ3) is 6.27. The van der Waals surface area contributed by atoms with Gasteiger partial charge in [0.25, 0.3) is 0 Å². The average molecular weight is 391 g/mol. The van der Waals surface area contributed by atoms with E-state index in [1.54, 1.807) is 7.11 Å². The second kappa shape index (κ2) is 8.33. The van der Waals surface area contributed by atoms with Crippen LogP contribution >= 0.6 is 11.8 Å². The standard InChI is InChI=1S/C20H30N4O2S/c1-14-22-23-18(24(14)15-8-10-16(26-7)11-9-15)27-12-17(25)21-20(5,6)13-19(2,3)4/h8-11H,12-13H2,1-7H3,(H,21,25). The molecule has 1 N–H and O–H groups in total. The molecular weight excluding hydrogens is 360 g/mol. The number of rotatable bonds is 7. The van der Waals surface area contributed by atoms with Crippen LogP contribution in [0, 0.1) is 12.3 Å². The SMILES string of the molecule is COc1ccc(-n2c(C)nnc2SCC(=O)NC(C)(C)CC(C)(C)C)cc1. The lowest BCUT2D eigenvalue weighted by atomic mass is 9.82. The third-order valence-electron chi connectivity index (χ3n) is 3.91. The molecule has 0 spiro atoms. The first kappa shape index (κ1) is 21.3. The van der Waals surface area contributed by atoms with Crippen molar-refractivity contribution in [3.63, 3.8) is 0 Å². The van der Waals surface area contributed by atoms with Crippen LogP contribution in [0.5, 0.6) is 5.75 Å². The predicted octanol–water partition coefficient (Wildman–Crippen LogP) is 4.01. The van der Waals surface area contributed by atoms with Gasteiger partial charge in [-0.05, 0) is 56.9 Å². The quantitative estimate of drug-likeness (QED) is 0.724. The van der Waals surface area contributed by atoms with E-state index in [0.29, 0.717) is 10.9 Å². The summed E-state index contributed by atoms with van der Waals surface area (Å²) in [6, 6.07) is 7.69. The normalized spacial score (nSPS) is 12.1. The van der Waals surface area contributed by atoms with Crippen LogP contribution in [0.4, 0.5) is 0 Å². The van der Waals surface area contributed by atoms with Gasteiger partial charge in [-0.15, -0.1) is 10.2 Å². The molecule has 0 bridgehead atoms. The van der Waals surface area contributed by atoms with Gasteiger partial charge in [-0.2, -0.15) is 0 Å². The minimum atomic E-state index is -0.254. The Balaban J connectivity index is 2.05. The summed E-state index contributed by atoms with van der Waals surface area (Å²) in [4.78, 5) is 12.5. The minimum absolute atomic E-state index is 0.00353. The van der Waals surface area contributed by atoms with Gasteiger partial charge in [0.2, 0.25) is 5.91 Å². The molecule has 0 saturated carbocycles. The highest BCUT2D eigenvalue weighted by molar-refractivity contribution is 7.99. The molecule has 0 atom stereocenters. The highest BCUT2D eigenvalue weighted by Crippen LogP contribution is 2.27. The number of benzene rings is 1. The van der Waals surface area contributed by atoms with Crippen molar-refractivity contribution in [1.82, 2.24) is 20.1 Å². The Hall–Kier alpha value is -2.02. The lowest BCUT2D eigenvalue weighted by molar-refractivity contribution is -0.120. The topological polar surface area (TPSA) is 69.0 Å². The number of methoxy groups -OCH3 is 1. The van der Waals surface area contributed by atoms with Crippen molar-refractivity contribution in [3.05, 3.63) is 30.1 Å². The molecule has 6 nitrogen and oxygen atoms in total. The number of aromatic nitrogens is 3. The van der Waals surface area contributed by atoms with Gasteiger partial charge in [-0.3, -0.25) is 9.36 Å². The fraction of sp³-hybridized carbons (Fsp3) is 0.550. The predicted molar refractivity (Wildman–Crippen MR) is 110 cm³/mol. The van der Waals surface area contributed by atoms with E-state index in [1.165, 1.54) is 11.8 Å². The Morgan fingerprint density at radius 1 is 1.15 bits per heavy atom. The van der Waals surface area contributed by atoms with E-state index >= 15 is 0 Å². The summed E-state index contributed by atoms with van der Waals surface area (Å²) in [7, 11) is 1.64. The van der Waals surface area contributed by atoms with Crippen LogP contribution in [-0.2, 0) is 4.79 Å². The van der Waals surface area contributed by atoms with E-state index in [2.05, 4.69) is 50.1 Å². The summed E-state index contributed by atoms with van der Waals surface area (Å²) in [5.41, 5.74) is 0.833. The van der Waals surface area contributed by atoms with Crippen molar-refractivity contribution in [2.75, 3.05) is 12.9 Å². The molecule has 0 aliphatic heterocycles. The molecule has 1 aromatic heterocycles. The lowest BCUT2D eigenvalue weighted by Crippen LogP contribution is -2.46. The van der Waals surface area contributed by atoms with Crippen molar-refractivity contribution < 1.29 is 9.53 Å². The second-order valence-electron chi connectivity index (χ2n) is 8.52. The molecule has 0 aliphatic rings.